The predicted molar refractivity (Wildman–Crippen MR) is 124 cm³/mol. The number of rotatable bonds is 18. The Morgan fingerprint density at radius 1 is 0.733 bits per heavy atom. The molecule has 0 aliphatic carbocycles. The summed E-state index contributed by atoms with van der Waals surface area (Å²) in [6.45, 7) is 7.21. The molecule has 0 atom stereocenters. The van der Waals surface area contributed by atoms with Gasteiger partial charge in [-0.2, -0.15) is 0 Å². The number of hydrogen-bond donors (Lipinski definition) is 0. The van der Waals surface area contributed by atoms with E-state index >= 15 is 0 Å². The van der Waals surface area contributed by atoms with Crippen LogP contribution >= 0.6 is 0 Å². The van der Waals surface area contributed by atoms with Gasteiger partial charge in [-0.05, 0) is 31.4 Å². The van der Waals surface area contributed by atoms with Crippen LogP contribution in [-0.2, 0) is 18.0 Å². The Kier molecular flexibility index (Phi) is 15.8. The van der Waals surface area contributed by atoms with E-state index in [9.17, 15) is 0 Å². The van der Waals surface area contributed by atoms with Crippen molar-refractivity contribution in [1.29, 1.82) is 0 Å². The summed E-state index contributed by atoms with van der Waals surface area (Å²) in [4.78, 5) is 0. The Bertz CT molecular complexity index is 656. The lowest BCUT2D eigenvalue weighted by atomic mass is 10.1. The minimum Gasteiger partial charge on any atom is -1.00 e. The van der Waals surface area contributed by atoms with Crippen molar-refractivity contribution in [2.24, 2.45) is 0 Å². The fraction of sp³-hybridized carbons (Fsp3) is 0.731. The zero-order valence-corrected chi connectivity index (χ0v) is 20.3. The van der Waals surface area contributed by atoms with Crippen LogP contribution in [0.15, 0.2) is 30.6 Å². The summed E-state index contributed by atoms with van der Waals surface area (Å²) in [6, 6.07) is 8.73. The number of para-hydroxylation sites is 2. The van der Waals surface area contributed by atoms with Gasteiger partial charge in [0.15, 0.2) is 17.8 Å². The van der Waals surface area contributed by atoms with Crippen molar-refractivity contribution >= 4 is 11.0 Å². The minimum atomic E-state index is 0. The summed E-state index contributed by atoms with van der Waals surface area (Å²) in [6.07, 6.45) is 21.1. The smallest absolute Gasteiger partial charge is 0.246 e. The van der Waals surface area contributed by atoms with Gasteiger partial charge in [-0.3, -0.25) is 0 Å². The molecule has 0 bridgehead atoms. The maximum absolute atomic E-state index is 6.01. The molecule has 0 spiro atoms. The molecule has 0 radical (unpaired) electrons. The summed E-state index contributed by atoms with van der Waals surface area (Å²) in [5.74, 6) is 0. The van der Waals surface area contributed by atoms with Crippen LogP contribution in [0.4, 0.5) is 0 Å². The molecule has 0 aliphatic rings. The summed E-state index contributed by atoms with van der Waals surface area (Å²) in [5.41, 5.74) is 2.62. The topological polar surface area (TPSA) is 18.0 Å². The third-order valence-corrected chi connectivity index (χ3v) is 5.90. The van der Waals surface area contributed by atoms with E-state index < -0.39 is 0 Å². The second kappa shape index (κ2) is 17.6. The van der Waals surface area contributed by atoms with E-state index in [-0.39, 0.29) is 12.4 Å². The Labute approximate surface area is 191 Å². The molecule has 2 aromatic rings. The number of benzene rings is 1. The first-order chi connectivity index (χ1) is 14.4. The Balaban J connectivity index is 0.00000450. The highest BCUT2D eigenvalue weighted by atomic mass is 35.5. The van der Waals surface area contributed by atoms with Crippen molar-refractivity contribution in [2.45, 2.75) is 117 Å². The quantitative estimate of drug-likeness (QED) is 0.250. The number of ether oxygens (including phenoxy) is 1. The molecule has 0 fully saturated rings. The predicted octanol–water partition coefficient (Wildman–Crippen LogP) is 4.41. The number of hydrogen-bond acceptors (Lipinski definition) is 1. The van der Waals surface area contributed by atoms with Gasteiger partial charge in [0, 0.05) is 0 Å². The minimum absolute atomic E-state index is 0. The molecule has 1 heterocycles. The van der Waals surface area contributed by atoms with Gasteiger partial charge >= 0.3 is 0 Å². The van der Waals surface area contributed by atoms with E-state index in [4.69, 9.17) is 4.74 Å². The number of aromatic nitrogens is 2. The second-order valence-electron chi connectivity index (χ2n) is 8.55. The number of fused-ring (bicyclic) bond motifs is 1. The molecule has 0 N–H and O–H groups in total. The van der Waals surface area contributed by atoms with Crippen LogP contribution in [-0.4, -0.2) is 11.2 Å². The normalized spacial score (nSPS) is 11.1. The van der Waals surface area contributed by atoms with Crippen LogP contribution in [0, 0.1) is 0 Å². The van der Waals surface area contributed by atoms with Gasteiger partial charge in [0.1, 0.15) is 0 Å². The van der Waals surface area contributed by atoms with Crippen molar-refractivity contribution in [3.05, 3.63) is 30.6 Å². The summed E-state index contributed by atoms with van der Waals surface area (Å²) in [5, 5.41) is 0. The number of unbranched alkanes of at least 4 members (excludes halogenated alkanes) is 12. The average molecular weight is 437 g/mol. The molecule has 2 rings (SSSR count). The molecule has 1 aromatic heterocycles. The molecule has 0 amide bonds. The number of halogens is 1. The van der Waals surface area contributed by atoms with Crippen molar-refractivity contribution < 1.29 is 21.7 Å². The first-order valence-electron chi connectivity index (χ1n) is 12.4. The molecule has 1 aromatic carbocycles. The largest absolute Gasteiger partial charge is 1.00 e. The van der Waals surface area contributed by atoms with Gasteiger partial charge in [-0.1, -0.05) is 96.6 Å². The molecule has 0 unspecified atom stereocenters. The molecule has 4 heteroatoms. The van der Waals surface area contributed by atoms with Crippen molar-refractivity contribution in [3.8, 4) is 0 Å². The summed E-state index contributed by atoms with van der Waals surface area (Å²) in [7, 11) is 0. The van der Waals surface area contributed by atoms with E-state index in [2.05, 4.69) is 53.6 Å². The Morgan fingerprint density at radius 3 is 1.97 bits per heavy atom. The lowest BCUT2D eigenvalue weighted by Gasteiger charge is -2.03. The third kappa shape index (κ3) is 10.3. The summed E-state index contributed by atoms with van der Waals surface area (Å²) >= 11 is 0. The SMILES string of the molecule is CCCCCCCCCCOC[n+]1cn(CCCCCCCC)c2ccccc21.[Cl-]. The van der Waals surface area contributed by atoms with E-state index in [0.717, 1.165) is 13.2 Å². The zero-order chi connectivity index (χ0) is 20.6. The standard InChI is InChI=1S/C26H45N2O.ClH/c1-3-5-7-9-11-12-14-18-22-29-24-28-23-27(21-17-13-10-8-6-4-2)25-19-15-16-20-26(25)28;/h15-16,19-20,23H,3-14,17-18,21-22,24H2,1-2H3;1H/q+1;/p-1. The highest BCUT2D eigenvalue weighted by molar-refractivity contribution is 5.71. The third-order valence-electron chi connectivity index (χ3n) is 5.90. The lowest BCUT2D eigenvalue weighted by molar-refractivity contribution is -0.710. The Morgan fingerprint density at radius 2 is 1.30 bits per heavy atom. The van der Waals surface area contributed by atoms with Crippen LogP contribution in [0.5, 0.6) is 0 Å². The van der Waals surface area contributed by atoms with Crippen LogP contribution in [0.2, 0.25) is 0 Å². The van der Waals surface area contributed by atoms with Crippen molar-refractivity contribution in [3.63, 3.8) is 0 Å². The molecule has 0 aliphatic heterocycles. The number of aryl methyl sites for hydroxylation is 1. The van der Waals surface area contributed by atoms with Crippen LogP contribution in [0.25, 0.3) is 11.0 Å². The average Bonchev–Trinajstić information content (AvgIpc) is 3.10. The maximum atomic E-state index is 6.01. The lowest BCUT2D eigenvalue weighted by Crippen LogP contribution is -3.00. The van der Waals surface area contributed by atoms with Gasteiger partial charge in [-0.15, -0.1) is 0 Å². The van der Waals surface area contributed by atoms with Gasteiger partial charge in [0.05, 0.1) is 13.2 Å². The van der Waals surface area contributed by atoms with Crippen molar-refractivity contribution in [2.75, 3.05) is 6.61 Å². The second-order valence-corrected chi connectivity index (χ2v) is 8.55. The molecule has 172 valence electrons. The Hall–Kier alpha value is -1.06. The van der Waals surface area contributed by atoms with E-state index in [1.54, 1.807) is 0 Å². The van der Waals surface area contributed by atoms with Crippen LogP contribution < -0.4 is 17.0 Å². The first kappa shape index (κ1) is 27.0. The molecule has 3 nitrogen and oxygen atoms in total. The first-order valence-corrected chi connectivity index (χ1v) is 12.4. The summed E-state index contributed by atoms with van der Waals surface area (Å²) < 4.78 is 10.7. The fourth-order valence-electron chi connectivity index (χ4n) is 4.09. The van der Waals surface area contributed by atoms with E-state index in [1.807, 2.05) is 0 Å². The fourth-order valence-corrected chi connectivity index (χ4v) is 4.09. The van der Waals surface area contributed by atoms with E-state index in [1.165, 1.54) is 101 Å². The van der Waals surface area contributed by atoms with Gasteiger partial charge in [-0.25, -0.2) is 9.13 Å². The number of nitrogens with zero attached hydrogens (tertiary/aromatic N) is 2. The molecule has 0 saturated carbocycles. The van der Waals surface area contributed by atoms with Gasteiger partial charge in [0.25, 0.3) is 0 Å². The van der Waals surface area contributed by atoms with E-state index in [0.29, 0.717) is 6.73 Å². The maximum Gasteiger partial charge on any atom is 0.246 e. The highest BCUT2D eigenvalue weighted by Crippen LogP contribution is 2.13. The molecular weight excluding hydrogens is 392 g/mol. The highest BCUT2D eigenvalue weighted by Gasteiger charge is 2.14. The molecular formula is C26H45ClN2O. The monoisotopic (exact) mass is 436 g/mol. The van der Waals surface area contributed by atoms with Crippen LogP contribution in [0.3, 0.4) is 0 Å². The van der Waals surface area contributed by atoms with Crippen LogP contribution in [0.1, 0.15) is 104 Å². The van der Waals surface area contributed by atoms with Crippen molar-refractivity contribution in [1.82, 2.24) is 4.57 Å². The molecule has 30 heavy (non-hydrogen) atoms. The van der Waals surface area contributed by atoms with Gasteiger partial charge in [0.2, 0.25) is 6.33 Å². The number of imidazole rings is 1. The van der Waals surface area contributed by atoms with Gasteiger partial charge < -0.3 is 17.1 Å². The molecule has 0 saturated heterocycles. The zero-order valence-electron chi connectivity index (χ0n) is 19.6.